The van der Waals surface area contributed by atoms with Crippen LogP contribution in [0.25, 0.3) is 6.08 Å². The zero-order valence-corrected chi connectivity index (χ0v) is 15.7. The predicted octanol–water partition coefficient (Wildman–Crippen LogP) is 3.83. The van der Waals surface area contributed by atoms with Gasteiger partial charge in [-0.25, -0.2) is 0 Å². The average molecular weight is 412 g/mol. The van der Waals surface area contributed by atoms with E-state index in [9.17, 15) is 10.1 Å². The number of hydrogen-bond acceptors (Lipinski definition) is 4. The van der Waals surface area contributed by atoms with Crippen molar-refractivity contribution in [3.05, 3.63) is 64.1 Å². The molecule has 1 aliphatic heterocycles. The summed E-state index contributed by atoms with van der Waals surface area (Å²) in [5.74, 6) is -0.424. The Hall–Kier alpha value is -2.62. The Kier molecular flexibility index (Phi) is 6.05. The molecule has 1 amide bonds. The van der Waals surface area contributed by atoms with Crippen molar-refractivity contribution in [2.45, 2.75) is 0 Å². The molecular weight excluding hydrogens is 394 g/mol. The topological polar surface area (TPSA) is 65.4 Å². The summed E-state index contributed by atoms with van der Waals surface area (Å²) in [5.41, 5.74) is 2.59. The van der Waals surface area contributed by atoms with Gasteiger partial charge in [0.2, 0.25) is 0 Å². The second kappa shape index (κ2) is 8.65. The lowest BCUT2D eigenvalue weighted by atomic mass is 10.1. The first-order valence-electron chi connectivity index (χ1n) is 8.27. The van der Waals surface area contributed by atoms with Crippen molar-refractivity contribution < 1.29 is 9.53 Å². The highest BCUT2D eigenvalue weighted by molar-refractivity contribution is 9.10. The molecule has 0 aliphatic carbocycles. The highest BCUT2D eigenvalue weighted by Gasteiger charge is 2.12. The van der Waals surface area contributed by atoms with Crippen molar-refractivity contribution in [1.82, 2.24) is 0 Å². The molecule has 2 aromatic rings. The van der Waals surface area contributed by atoms with Crippen molar-refractivity contribution in [3.63, 3.8) is 0 Å². The number of halogens is 1. The summed E-state index contributed by atoms with van der Waals surface area (Å²) in [6.07, 6.45) is 1.57. The molecule has 0 saturated carbocycles. The number of amides is 1. The third-order valence-electron chi connectivity index (χ3n) is 4.03. The Bertz CT molecular complexity index is 850. The molecule has 1 fully saturated rings. The summed E-state index contributed by atoms with van der Waals surface area (Å²) >= 11 is 3.38. The zero-order chi connectivity index (χ0) is 18.4. The number of nitrogens with one attached hydrogen (secondary N) is 1. The minimum Gasteiger partial charge on any atom is -0.378 e. The van der Waals surface area contributed by atoms with Crippen molar-refractivity contribution in [1.29, 1.82) is 5.26 Å². The second-order valence-corrected chi connectivity index (χ2v) is 6.74. The van der Waals surface area contributed by atoms with Crippen LogP contribution in [0.4, 0.5) is 11.4 Å². The van der Waals surface area contributed by atoms with Crippen LogP contribution < -0.4 is 10.2 Å². The van der Waals surface area contributed by atoms with E-state index < -0.39 is 5.91 Å². The van der Waals surface area contributed by atoms with Crippen LogP contribution in [0, 0.1) is 11.3 Å². The van der Waals surface area contributed by atoms with Gasteiger partial charge in [0.15, 0.2) is 0 Å². The normalized spacial score (nSPS) is 14.6. The number of carbonyl (C=O) groups excluding carboxylic acids is 1. The van der Waals surface area contributed by atoms with Crippen LogP contribution in [0.5, 0.6) is 0 Å². The monoisotopic (exact) mass is 411 g/mol. The van der Waals surface area contributed by atoms with Crippen molar-refractivity contribution >= 4 is 39.3 Å². The van der Waals surface area contributed by atoms with Crippen molar-refractivity contribution in [2.24, 2.45) is 0 Å². The summed E-state index contributed by atoms with van der Waals surface area (Å²) in [6.45, 7) is 3.17. The van der Waals surface area contributed by atoms with Gasteiger partial charge in [-0.3, -0.25) is 4.79 Å². The van der Waals surface area contributed by atoms with E-state index in [2.05, 4.69) is 26.1 Å². The molecule has 26 heavy (non-hydrogen) atoms. The highest BCUT2D eigenvalue weighted by atomic mass is 79.9. The molecule has 1 aliphatic rings. The zero-order valence-electron chi connectivity index (χ0n) is 14.1. The molecule has 0 aromatic heterocycles. The molecule has 0 spiro atoms. The lowest BCUT2D eigenvalue weighted by molar-refractivity contribution is -0.112. The molecule has 2 aromatic carbocycles. The molecule has 0 bridgehead atoms. The summed E-state index contributed by atoms with van der Waals surface area (Å²) < 4.78 is 6.25. The number of benzene rings is 2. The van der Waals surface area contributed by atoms with Gasteiger partial charge in [-0.15, -0.1) is 0 Å². The lowest BCUT2D eigenvalue weighted by Crippen LogP contribution is -2.36. The molecule has 132 valence electrons. The van der Waals surface area contributed by atoms with Gasteiger partial charge in [0.1, 0.15) is 11.6 Å². The van der Waals surface area contributed by atoms with E-state index in [4.69, 9.17) is 4.74 Å². The Morgan fingerprint density at radius 2 is 1.92 bits per heavy atom. The van der Waals surface area contributed by atoms with E-state index >= 15 is 0 Å². The van der Waals surface area contributed by atoms with E-state index in [0.29, 0.717) is 5.69 Å². The van der Waals surface area contributed by atoms with Crippen LogP contribution in [0.1, 0.15) is 5.56 Å². The summed E-state index contributed by atoms with van der Waals surface area (Å²) in [4.78, 5) is 14.6. The quantitative estimate of drug-likeness (QED) is 0.613. The van der Waals surface area contributed by atoms with Gasteiger partial charge in [0.25, 0.3) is 5.91 Å². The molecule has 1 heterocycles. The molecule has 0 atom stereocenters. The Morgan fingerprint density at radius 1 is 1.19 bits per heavy atom. The number of nitriles is 1. The minimum atomic E-state index is -0.424. The van der Waals surface area contributed by atoms with Gasteiger partial charge in [0, 0.05) is 28.9 Å². The third kappa shape index (κ3) is 4.72. The van der Waals surface area contributed by atoms with Gasteiger partial charge in [-0.2, -0.15) is 5.26 Å². The number of anilines is 2. The van der Waals surface area contributed by atoms with E-state index in [1.807, 2.05) is 54.6 Å². The van der Waals surface area contributed by atoms with Crippen LogP contribution in [-0.2, 0) is 9.53 Å². The number of carbonyl (C=O) groups is 1. The predicted molar refractivity (Wildman–Crippen MR) is 106 cm³/mol. The van der Waals surface area contributed by atoms with Crippen molar-refractivity contribution in [2.75, 3.05) is 36.5 Å². The van der Waals surface area contributed by atoms with Gasteiger partial charge in [-0.05, 0) is 48.0 Å². The smallest absolute Gasteiger partial charge is 0.266 e. The summed E-state index contributed by atoms with van der Waals surface area (Å²) in [6, 6.07) is 17.0. The SMILES string of the molecule is N#C/C(=C\c1cccc(Br)c1)C(=O)Nc1ccc(N2CCOCC2)cc1. The largest absolute Gasteiger partial charge is 0.378 e. The molecule has 0 unspecified atom stereocenters. The number of morpholine rings is 1. The fourth-order valence-corrected chi connectivity index (χ4v) is 3.10. The molecular formula is C20H18BrN3O2. The Morgan fingerprint density at radius 3 is 2.58 bits per heavy atom. The maximum absolute atomic E-state index is 12.4. The fourth-order valence-electron chi connectivity index (χ4n) is 2.69. The van der Waals surface area contributed by atoms with E-state index in [1.54, 1.807) is 6.08 Å². The molecule has 3 rings (SSSR count). The number of rotatable bonds is 4. The molecule has 0 radical (unpaired) electrons. The maximum atomic E-state index is 12.4. The summed E-state index contributed by atoms with van der Waals surface area (Å²) in [5, 5.41) is 12.1. The maximum Gasteiger partial charge on any atom is 0.266 e. The minimum absolute atomic E-state index is 0.0559. The van der Waals surface area contributed by atoms with Gasteiger partial charge in [-0.1, -0.05) is 28.1 Å². The van der Waals surface area contributed by atoms with E-state index in [1.165, 1.54) is 0 Å². The molecule has 6 heteroatoms. The Balaban J connectivity index is 1.69. The van der Waals surface area contributed by atoms with Crippen LogP contribution in [-0.4, -0.2) is 32.2 Å². The first-order chi connectivity index (χ1) is 12.7. The first-order valence-corrected chi connectivity index (χ1v) is 9.06. The average Bonchev–Trinajstić information content (AvgIpc) is 2.67. The van der Waals surface area contributed by atoms with Gasteiger partial charge >= 0.3 is 0 Å². The van der Waals surface area contributed by atoms with Crippen LogP contribution in [0.3, 0.4) is 0 Å². The number of nitrogens with zero attached hydrogens (tertiary/aromatic N) is 2. The van der Waals surface area contributed by atoms with Crippen LogP contribution in [0.15, 0.2) is 58.6 Å². The van der Waals surface area contributed by atoms with E-state index in [0.717, 1.165) is 42.0 Å². The number of hydrogen-bond donors (Lipinski definition) is 1. The Labute approximate surface area is 161 Å². The third-order valence-corrected chi connectivity index (χ3v) is 4.52. The molecule has 1 N–H and O–H groups in total. The highest BCUT2D eigenvalue weighted by Crippen LogP contribution is 2.20. The molecule has 5 nitrogen and oxygen atoms in total. The number of ether oxygens (including phenoxy) is 1. The summed E-state index contributed by atoms with van der Waals surface area (Å²) in [7, 11) is 0. The fraction of sp³-hybridized carbons (Fsp3) is 0.200. The standard InChI is InChI=1S/C20H18BrN3O2/c21-17-3-1-2-15(13-17)12-16(14-22)20(25)23-18-4-6-19(7-5-18)24-8-10-26-11-9-24/h1-7,12-13H,8-11H2,(H,23,25)/b16-12+. The lowest BCUT2D eigenvalue weighted by Gasteiger charge is -2.28. The van der Waals surface area contributed by atoms with Crippen LogP contribution in [0.2, 0.25) is 0 Å². The second-order valence-electron chi connectivity index (χ2n) is 5.83. The van der Waals surface area contributed by atoms with E-state index in [-0.39, 0.29) is 5.57 Å². The first kappa shape index (κ1) is 18.2. The van der Waals surface area contributed by atoms with Gasteiger partial charge < -0.3 is 15.0 Å². The molecule has 1 saturated heterocycles. The van der Waals surface area contributed by atoms with Gasteiger partial charge in [0.05, 0.1) is 13.2 Å². The van der Waals surface area contributed by atoms with Crippen molar-refractivity contribution in [3.8, 4) is 6.07 Å². The van der Waals surface area contributed by atoms with Crippen LogP contribution >= 0.6 is 15.9 Å².